The number of nitrogens with zero attached hydrogens (tertiary/aromatic N) is 1. The average Bonchev–Trinajstić information content (AvgIpc) is 3.03. The maximum Gasteiger partial charge on any atom is 0.406 e. The van der Waals surface area contributed by atoms with Gasteiger partial charge in [0.1, 0.15) is 23.1 Å². The van der Waals surface area contributed by atoms with Crippen LogP contribution in [0.4, 0.5) is 0 Å². The number of alkyl halides is 1. The third-order valence-corrected chi connectivity index (χ3v) is 8.85. The number of aromatic nitrogens is 2. The molecule has 1 aliphatic rings. The van der Waals surface area contributed by atoms with Crippen molar-refractivity contribution in [3.05, 3.63) is 33.1 Å². The van der Waals surface area contributed by atoms with Gasteiger partial charge in [0.15, 0.2) is 11.3 Å². The Labute approximate surface area is 235 Å². The zero-order valence-corrected chi connectivity index (χ0v) is 25.4. The summed E-state index contributed by atoms with van der Waals surface area (Å²) in [4.78, 5) is 48.7. The van der Waals surface area contributed by atoms with Crippen LogP contribution in [0.3, 0.4) is 0 Å². The van der Waals surface area contributed by atoms with E-state index in [2.05, 4.69) is 10.1 Å². The van der Waals surface area contributed by atoms with Crippen molar-refractivity contribution < 1.29 is 37.8 Å². The first-order valence-corrected chi connectivity index (χ1v) is 15.2. The van der Waals surface area contributed by atoms with E-state index in [9.17, 15) is 28.8 Å². The second kappa shape index (κ2) is 13.4. The zero-order chi connectivity index (χ0) is 29.8. The highest BCUT2D eigenvalue weighted by atomic mass is 35.5. The molecule has 222 valence electrons. The Hall–Kier alpha value is -1.51. The minimum absolute atomic E-state index is 0.0869. The number of halogens is 1. The molecule has 0 bridgehead atoms. The standard InChI is InChI=1S/C23H37ClN3O10PS/c1-13(2)36-18(30)14(3)26-38(33,34-10-11-39-20(31)22(4,5)6)35-12-15-17(29)23(7,24)19(37-15)27-9-8-16(28)25-21(27)32/h8-9,13-15,17,19,29H,10-12H2,1-7H3,(H,26,33)(H,25,28,32)/t14-,15-,17-,19-,23-,38-/m1/s1. The van der Waals surface area contributed by atoms with E-state index >= 15 is 0 Å². The number of hydrogen-bond acceptors (Lipinski definition) is 11. The SMILES string of the molecule is CC(C)OC(=O)[C@@H](C)N[P@@](=O)(OCCSC(=O)C(C)(C)C)OC[C@H]1O[C@@H](n2ccc(=O)[nH]c2=O)[C@](C)(Cl)[C@@H]1O. The number of rotatable bonds is 12. The van der Waals surface area contributed by atoms with Gasteiger partial charge in [0.2, 0.25) is 0 Å². The second-order valence-electron chi connectivity index (χ2n) is 10.5. The third kappa shape index (κ3) is 9.25. The normalized spacial score (nSPS) is 25.8. The van der Waals surface area contributed by atoms with Crippen LogP contribution in [0, 0.1) is 5.41 Å². The van der Waals surface area contributed by atoms with Gasteiger partial charge in [0.25, 0.3) is 5.56 Å². The van der Waals surface area contributed by atoms with E-state index in [1.54, 1.807) is 34.6 Å². The van der Waals surface area contributed by atoms with E-state index in [1.807, 2.05) is 0 Å². The molecule has 0 amide bonds. The Morgan fingerprint density at radius 2 is 1.95 bits per heavy atom. The quantitative estimate of drug-likeness (QED) is 0.136. The molecule has 0 aliphatic carbocycles. The number of nitrogens with one attached hydrogen (secondary N) is 2. The minimum Gasteiger partial charge on any atom is -0.462 e. The molecular formula is C23H37ClN3O10PS. The Balaban J connectivity index is 2.16. The van der Waals surface area contributed by atoms with Crippen molar-refractivity contribution in [3.63, 3.8) is 0 Å². The number of aromatic amines is 1. The van der Waals surface area contributed by atoms with Crippen LogP contribution in [0.2, 0.25) is 0 Å². The number of aliphatic hydroxyl groups is 1. The summed E-state index contributed by atoms with van der Waals surface area (Å²) in [6.07, 6.45) is -3.03. The fraction of sp³-hybridized carbons (Fsp3) is 0.739. The smallest absolute Gasteiger partial charge is 0.406 e. The van der Waals surface area contributed by atoms with Gasteiger partial charge < -0.3 is 14.6 Å². The Kier molecular flexibility index (Phi) is 11.6. The molecule has 1 aromatic rings. The highest BCUT2D eigenvalue weighted by molar-refractivity contribution is 8.13. The molecular weight excluding hydrogens is 577 g/mol. The fourth-order valence-electron chi connectivity index (χ4n) is 3.38. The lowest BCUT2D eigenvalue weighted by Gasteiger charge is -2.26. The van der Waals surface area contributed by atoms with E-state index in [4.69, 9.17) is 30.1 Å². The maximum atomic E-state index is 13.6. The summed E-state index contributed by atoms with van der Waals surface area (Å²) in [5, 5.41) is 13.2. The number of H-pyrrole nitrogens is 1. The monoisotopic (exact) mass is 613 g/mol. The maximum absolute atomic E-state index is 13.6. The van der Waals surface area contributed by atoms with Crippen LogP contribution in [-0.2, 0) is 32.7 Å². The minimum atomic E-state index is -4.23. The summed E-state index contributed by atoms with van der Waals surface area (Å²) in [5.74, 6) is -0.534. The number of aliphatic hydroxyl groups excluding tert-OH is 1. The van der Waals surface area contributed by atoms with Crippen molar-refractivity contribution in [2.24, 2.45) is 5.41 Å². The van der Waals surface area contributed by atoms with E-state index in [0.717, 1.165) is 22.4 Å². The number of carbonyl (C=O) groups excluding carboxylic acids is 2. The summed E-state index contributed by atoms with van der Waals surface area (Å²) in [6, 6.07) is 0.00205. The Morgan fingerprint density at radius 1 is 1.31 bits per heavy atom. The largest absolute Gasteiger partial charge is 0.462 e. The highest BCUT2D eigenvalue weighted by Gasteiger charge is 2.54. The van der Waals surface area contributed by atoms with Gasteiger partial charge in [-0.1, -0.05) is 32.5 Å². The van der Waals surface area contributed by atoms with Gasteiger partial charge in [0.05, 0.1) is 19.3 Å². The predicted molar refractivity (Wildman–Crippen MR) is 146 cm³/mol. The van der Waals surface area contributed by atoms with E-state index in [-0.39, 0.29) is 17.5 Å². The van der Waals surface area contributed by atoms with Gasteiger partial charge in [-0.15, -0.1) is 11.6 Å². The van der Waals surface area contributed by atoms with Gasteiger partial charge in [-0.2, -0.15) is 0 Å². The number of hydrogen-bond donors (Lipinski definition) is 3. The summed E-state index contributed by atoms with van der Waals surface area (Å²) in [7, 11) is -4.23. The van der Waals surface area contributed by atoms with Gasteiger partial charge >= 0.3 is 19.4 Å². The number of carbonyl (C=O) groups is 2. The number of ether oxygens (including phenoxy) is 2. The highest BCUT2D eigenvalue weighted by Crippen LogP contribution is 2.48. The summed E-state index contributed by atoms with van der Waals surface area (Å²) in [5.41, 5.74) is -2.00. The van der Waals surface area contributed by atoms with Crippen molar-refractivity contribution in [3.8, 4) is 0 Å². The van der Waals surface area contributed by atoms with Crippen molar-refractivity contribution in [1.82, 2.24) is 14.6 Å². The van der Waals surface area contributed by atoms with Crippen LogP contribution < -0.4 is 16.3 Å². The molecule has 16 heteroatoms. The first-order chi connectivity index (χ1) is 17.9. The summed E-state index contributed by atoms with van der Waals surface area (Å²) < 4.78 is 36.6. The lowest BCUT2D eigenvalue weighted by Crippen LogP contribution is -2.43. The van der Waals surface area contributed by atoms with Crippen LogP contribution in [0.1, 0.15) is 54.7 Å². The lowest BCUT2D eigenvalue weighted by molar-refractivity contribution is -0.149. The van der Waals surface area contributed by atoms with Gasteiger partial charge in [-0.3, -0.25) is 33.0 Å². The van der Waals surface area contributed by atoms with Crippen LogP contribution in [0.25, 0.3) is 0 Å². The molecule has 0 unspecified atom stereocenters. The molecule has 0 aromatic carbocycles. The molecule has 1 aliphatic heterocycles. The molecule has 2 rings (SSSR count). The molecule has 3 N–H and O–H groups in total. The van der Waals surface area contributed by atoms with Crippen LogP contribution in [0.5, 0.6) is 0 Å². The van der Waals surface area contributed by atoms with Crippen LogP contribution >= 0.6 is 31.1 Å². The molecule has 1 fully saturated rings. The molecule has 13 nitrogen and oxygen atoms in total. The molecule has 0 spiro atoms. The van der Waals surface area contributed by atoms with Gasteiger partial charge in [-0.25, -0.2) is 14.4 Å². The van der Waals surface area contributed by atoms with Crippen molar-refractivity contribution in [2.75, 3.05) is 19.0 Å². The lowest BCUT2D eigenvalue weighted by atomic mass is 10.00. The number of thioether (sulfide) groups is 1. The van der Waals surface area contributed by atoms with E-state index < -0.39 is 72.4 Å². The molecule has 6 atom stereocenters. The van der Waals surface area contributed by atoms with E-state index in [1.165, 1.54) is 20.0 Å². The van der Waals surface area contributed by atoms with Crippen LogP contribution in [-0.4, -0.2) is 73.9 Å². The predicted octanol–water partition coefficient (Wildman–Crippen LogP) is 2.17. The first kappa shape index (κ1) is 33.7. The van der Waals surface area contributed by atoms with E-state index in [0.29, 0.717) is 0 Å². The molecule has 2 heterocycles. The van der Waals surface area contributed by atoms with Crippen molar-refractivity contribution >= 4 is 42.2 Å². The molecule has 0 radical (unpaired) electrons. The molecule has 0 saturated carbocycles. The second-order valence-corrected chi connectivity index (χ2v) is 14.1. The molecule has 1 aromatic heterocycles. The average molecular weight is 614 g/mol. The van der Waals surface area contributed by atoms with Crippen molar-refractivity contribution in [2.45, 2.75) is 83.9 Å². The molecule has 39 heavy (non-hydrogen) atoms. The Morgan fingerprint density at radius 3 is 2.51 bits per heavy atom. The molecule has 1 saturated heterocycles. The summed E-state index contributed by atoms with van der Waals surface area (Å²) >= 11 is 7.53. The zero-order valence-electron chi connectivity index (χ0n) is 23.0. The van der Waals surface area contributed by atoms with Gasteiger partial charge in [0, 0.05) is 23.4 Å². The summed E-state index contributed by atoms with van der Waals surface area (Å²) in [6.45, 7) is 10.8. The number of esters is 1. The Bertz CT molecular complexity index is 1180. The first-order valence-electron chi connectivity index (χ1n) is 12.3. The fourth-order valence-corrected chi connectivity index (χ4v) is 6.06. The van der Waals surface area contributed by atoms with Crippen LogP contribution in [0.15, 0.2) is 21.9 Å². The third-order valence-electron chi connectivity index (χ3n) is 5.48. The van der Waals surface area contributed by atoms with Gasteiger partial charge in [-0.05, 0) is 27.7 Å². The van der Waals surface area contributed by atoms with Crippen molar-refractivity contribution in [1.29, 1.82) is 0 Å². The topological polar surface area (TPSA) is 175 Å².